The molecule has 0 fully saturated rings. The predicted molar refractivity (Wildman–Crippen MR) is 97.6 cm³/mol. The molecule has 2 nitrogen and oxygen atoms in total. The van der Waals surface area contributed by atoms with Gasteiger partial charge in [0.1, 0.15) is 0 Å². The van der Waals surface area contributed by atoms with Crippen LogP contribution in [-0.4, -0.2) is 13.3 Å². The Labute approximate surface area is 136 Å². The van der Waals surface area contributed by atoms with Gasteiger partial charge in [-0.2, -0.15) is 5.26 Å². The molecular weight excluding hydrogens is 288 g/mol. The van der Waals surface area contributed by atoms with Crippen LogP contribution in [0.1, 0.15) is 25.0 Å². The molecule has 0 aliphatic rings. The Bertz CT molecular complexity index is 791. The lowest BCUT2D eigenvalue weighted by Crippen LogP contribution is -2.00. The molecule has 0 heterocycles. The number of allylic oxidation sites excluding steroid dienone is 2. The Morgan fingerprint density at radius 3 is 2.36 bits per heavy atom. The number of nitrogens with one attached hydrogen (secondary N) is 1. The number of benzene rings is 2. The maximum absolute atomic E-state index is 9.32. The third kappa shape index (κ3) is 3.03. The predicted octanol–water partition coefficient (Wildman–Crippen LogP) is 4.93. The number of thioether (sulfide) groups is 1. The number of rotatable bonds is 4. The lowest BCUT2D eigenvalue weighted by molar-refractivity contribution is 1.11. The molecule has 0 aromatic heterocycles. The van der Waals surface area contributed by atoms with E-state index in [9.17, 15) is 5.26 Å². The Morgan fingerprint density at radius 1 is 1.14 bits per heavy atom. The average molecular weight is 308 g/mol. The highest BCUT2D eigenvalue weighted by Crippen LogP contribution is 2.36. The van der Waals surface area contributed by atoms with Crippen LogP contribution >= 0.6 is 11.8 Å². The standard InChI is InChI=1S/C19H20N2S/c1-13(2)19(22-4)18(12-21-3)17-10-9-14(11-20)15-7-5-6-8-16(15)17/h5-10,12,21H,1-4H3/b18-12-. The van der Waals surface area contributed by atoms with Gasteiger partial charge in [0, 0.05) is 29.1 Å². The summed E-state index contributed by atoms with van der Waals surface area (Å²) in [4.78, 5) is 1.25. The third-order valence-corrected chi connectivity index (χ3v) is 4.56. The van der Waals surface area contributed by atoms with Crippen molar-refractivity contribution < 1.29 is 0 Å². The van der Waals surface area contributed by atoms with Crippen molar-refractivity contribution in [2.75, 3.05) is 13.3 Å². The van der Waals surface area contributed by atoms with Crippen LogP contribution in [0.5, 0.6) is 0 Å². The Kier molecular flexibility index (Phi) is 5.30. The zero-order valence-electron chi connectivity index (χ0n) is 13.4. The second kappa shape index (κ2) is 7.20. The first kappa shape index (κ1) is 16.2. The van der Waals surface area contributed by atoms with Gasteiger partial charge < -0.3 is 5.32 Å². The second-order valence-corrected chi connectivity index (χ2v) is 6.01. The van der Waals surface area contributed by atoms with Crippen molar-refractivity contribution in [3.63, 3.8) is 0 Å². The summed E-state index contributed by atoms with van der Waals surface area (Å²) in [6, 6.07) is 14.3. The van der Waals surface area contributed by atoms with Crippen LogP contribution in [0.3, 0.4) is 0 Å². The molecule has 2 aromatic rings. The molecular formula is C19H20N2S. The number of hydrogen-bond acceptors (Lipinski definition) is 3. The average Bonchev–Trinajstić information content (AvgIpc) is 2.53. The summed E-state index contributed by atoms with van der Waals surface area (Å²) in [5.41, 5.74) is 4.30. The van der Waals surface area contributed by atoms with E-state index < -0.39 is 0 Å². The molecule has 0 atom stereocenters. The lowest BCUT2D eigenvalue weighted by atomic mass is 9.94. The minimum atomic E-state index is 0.714. The molecule has 0 bridgehead atoms. The van der Waals surface area contributed by atoms with Gasteiger partial charge >= 0.3 is 0 Å². The first-order valence-corrected chi connectivity index (χ1v) is 8.38. The first-order chi connectivity index (χ1) is 10.6. The molecule has 0 aliphatic carbocycles. The van der Waals surface area contributed by atoms with Crippen molar-refractivity contribution in [3.8, 4) is 6.07 Å². The highest BCUT2D eigenvalue weighted by atomic mass is 32.2. The van der Waals surface area contributed by atoms with Crippen molar-refractivity contribution in [2.45, 2.75) is 13.8 Å². The SMILES string of the molecule is CN/C=C(\C(SC)=C(C)C)c1ccc(C#N)c2ccccc12. The van der Waals surface area contributed by atoms with Crippen LogP contribution in [0, 0.1) is 11.3 Å². The maximum Gasteiger partial charge on any atom is 0.0998 e. The number of nitrogens with zero attached hydrogens (tertiary/aromatic N) is 1. The minimum Gasteiger partial charge on any atom is -0.393 e. The molecule has 1 N–H and O–H groups in total. The van der Waals surface area contributed by atoms with E-state index >= 15 is 0 Å². The van der Waals surface area contributed by atoms with Crippen LogP contribution in [0.4, 0.5) is 0 Å². The van der Waals surface area contributed by atoms with Gasteiger partial charge in [0.05, 0.1) is 11.6 Å². The van der Waals surface area contributed by atoms with Gasteiger partial charge in [0.15, 0.2) is 0 Å². The van der Waals surface area contributed by atoms with E-state index in [4.69, 9.17) is 0 Å². The third-order valence-electron chi connectivity index (χ3n) is 3.53. The second-order valence-electron chi connectivity index (χ2n) is 5.20. The molecule has 22 heavy (non-hydrogen) atoms. The van der Waals surface area contributed by atoms with E-state index in [1.807, 2.05) is 43.6 Å². The summed E-state index contributed by atoms with van der Waals surface area (Å²) in [6.45, 7) is 4.25. The van der Waals surface area contributed by atoms with Crippen LogP contribution in [-0.2, 0) is 0 Å². The monoisotopic (exact) mass is 308 g/mol. The minimum absolute atomic E-state index is 0.714. The van der Waals surface area contributed by atoms with Gasteiger partial charge in [-0.25, -0.2) is 0 Å². The lowest BCUT2D eigenvalue weighted by Gasteiger charge is -2.16. The summed E-state index contributed by atoms with van der Waals surface area (Å²) in [5.74, 6) is 0. The summed E-state index contributed by atoms with van der Waals surface area (Å²) < 4.78 is 0. The van der Waals surface area contributed by atoms with Crippen molar-refractivity contribution >= 4 is 28.1 Å². The molecule has 0 radical (unpaired) electrons. The Morgan fingerprint density at radius 2 is 1.82 bits per heavy atom. The van der Waals surface area contributed by atoms with Crippen molar-refractivity contribution in [1.29, 1.82) is 5.26 Å². The van der Waals surface area contributed by atoms with Crippen LogP contribution in [0.25, 0.3) is 16.3 Å². The van der Waals surface area contributed by atoms with Crippen LogP contribution in [0.2, 0.25) is 0 Å². The fourth-order valence-electron chi connectivity index (χ4n) is 2.62. The van der Waals surface area contributed by atoms with E-state index in [0.29, 0.717) is 5.56 Å². The topological polar surface area (TPSA) is 35.8 Å². The van der Waals surface area contributed by atoms with Gasteiger partial charge in [0.25, 0.3) is 0 Å². The molecule has 0 saturated carbocycles. The van der Waals surface area contributed by atoms with Gasteiger partial charge in [-0.05, 0) is 37.1 Å². The summed E-state index contributed by atoms with van der Waals surface area (Å²) >= 11 is 1.75. The van der Waals surface area contributed by atoms with E-state index in [0.717, 1.165) is 21.9 Å². The maximum atomic E-state index is 9.32. The molecule has 0 spiro atoms. The molecule has 0 saturated heterocycles. The highest BCUT2D eigenvalue weighted by Gasteiger charge is 2.13. The van der Waals surface area contributed by atoms with E-state index in [1.54, 1.807) is 11.8 Å². The molecule has 2 aromatic carbocycles. The molecule has 0 aliphatic heterocycles. The molecule has 0 amide bonds. The smallest absolute Gasteiger partial charge is 0.0998 e. The zero-order chi connectivity index (χ0) is 16.1. The van der Waals surface area contributed by atoms with Crippen molar-refractivity contribution in [2.24, 2.45) is 0 Å². The quantitative estimate of drug-likeness (QED) is 0.814. The van der Waals surface area contributed by atoms with Gasteiger partial charge in [-0.1, -0.05) is 35.9 Å². The van der Waals surface area contributed by atoms with E-state index in [1.165, 1.54) is 10.5 Å². The zero-order valence-corrected chi connectivity index (χ0v) is 14.2. The summed E-state index contributed by atoms with van der Waals surface area (Å²) in [7, 11) is 1.91. The number of nitriles is 1. The molecule has 2 rings (SSSR count). The number of hydrogen-bond donors (Lipinski definition) is 1. The van der Waals surface area contributed by atoms with E-state index in [2.05, 4.69) is 37.6 Å². The normalized spacial score (nSPS) is 11.1. The fourth-order valence-corrected chi connectivity index (χ4v) is 3.42. The molecule has 0 unspecified atom stereocenters. The summed E-state index contributed by atoms with van der Waals surface area (Å²) in [5, 5.41) is 14.6. The Hall–Kier alpha value is -2.18. The van der Waals surface area contributed by atoms with Gasteiger partial charge in [0.2, 0.25) is 0 Å². The number of fused-ring (bicyclic) bond motifs is 1. The van der Waals surface area contributed by atoms with Crippen LogP contribution < -0.4 is 5.32 Å². The van der Waals surface area contributed by atoms with Gasteiger partial charge in [-0.3, -0.25) is 0 Å². The van der Waals surface area contributed by atoms with Crippen molar-refractivity contribution in [3.05, 3.63) is 64.2 Å². The molecule has 112 valence electrons. The fraction of sp³-hybridized carbons (Fsp3) is 0.211. The highest BCUT2D eigenvalue weighted by molar-refractivity contribution is 8.03. The Balaban J connectivity index is 2.80. The summed E-state index contributed by atoms with van der Waals surface area (Å²) in [6.07, 6.45) is 4.13. The first-order valence-electron chi connectivity index (χ1n) is 7.15. The van der Waals surface area contributed by atoms with E-state index in [-0.39, 0.29) is 0 Å². The van der Waals surface area contributed by atoms with Gasteiger partial charge in [-0.15, -0.1) is 11.8 Å². The van der Waals surface area contributed by atoms with Crippen molar-refractivity contribution in [1.82, 2.24) is 5.32 Å². The van der Waals surface area contributed by atoms with Crippen LogP contribution in [0.15, 0.2) is 53.1 Å². The molecule has 3 heteroatoms. The largest absolute Gasteiger partial charge is 0.393 e.